The maximum absolute atomic E-state index is 13.9. The first-order chi connectivity index (χ1) is 20.8. The Kier molecular flexibility index (Phi) is 9.59. The van der Waals surface area contributed by atoms with Crippen LogP contribution in [-0.2, 0) is 14.3 Å². The number of thioether (sulfide) groups is 1. The number of methoxy groups -OCH3 is 3. The zero-order valence-electron chi connectivity index (χ0n) is 24.4. The summed E-state index contributed by atoms with van der Waals surface area (Å²) in [6, 6.07) is 20.9. The average molecular weight is 621 g/mol. The van der Waals surface area contributed by atoms with Crippen molar-refractivity contribution in [3.8, 4) is 28.4 Å². The molecule has 1 atom stereocenters. The van der Waals surface area contributed by atoms with Crippen molar-refractivity contribution in [2.45, 2.75) is 12.2 Å². The van der Waals surface area contributed by atoms with Crippen molar-refractivity contribution in [1.82, 2.24) is 15.1 Å². The highest BCUT2D eigenvalue weighted by Crippen LogP contribution is 2.51. The predicted molar refractivity (Wildman–Crippen MR) is 170 cm³/mol. The molecule has 0 fully saturated rings. The lowest BCUT2D eigenvalue weighted by Gasteiger charge is -2.23. The van der Waals surface area contributed by atoms with Gasteiger partial charge in [0.2, 0.25) is 11.8 Å². The number of anilines is 1. The van der Waals surface area contributed by atoms with Crippen LogP contribution in [0.4, 0.5) is 5.82 Å². The lowest BCUT2D eigenvalue weighted by atomic mass is 9.98. The number of amides is 2. The number of nitrogens with zero attached hydrogens (tertiary/aromatic N) is 3. The molecule has 11 heteroatoms. The van der Waals surface area contributed by atoms with Crippen molar-refractivity contribution in [2.24, 2.45) is 0 Å². The van der Waals surface area contributed by atoms with Gasteiger partial charge in [-0.2, -0.15) is 5.10 Å². The summed E-state index contributed by atoms with van der Waals surface area (Å²) in [6.45, 7) is 2.51. The van der Waals surface area contributed by atoms with Gasteiger partial charge in [0.25, 0.3) is 0 Å². The van der Waals surface area contributed by atoms with Crippen LogP contribution in [-0.4, -0.2) is 68.4 Å². The fourth-order valence-corrected chi connectivity index (χ4v) is 6.33. The molecular weight excluding hydrogens is 588 g/mol. The van der Waals surface area contributed by atoms with Crippen LogP contribution in [0, 0.1) is 6.92 Å². The third kappa shape index (κ3) is 6.51. The molecule has 1 aliphatic heterocycles. The van der Waals surface area contributed by atoms with Crippen LogP contribution in [0.25, 0.3) is 16.9 Å². The van der Waals surface area contributed by atoms with Crippen molar-refractivity contribution in [1.29, 1.82) is 0 Å². The fraction of sp³-hybridized carbons (Fsp3) is 0.281. The Morgan fingerprint density at radius 3 is 2.47 bits per heavy atom. The molecule has 3 aromatic carbocycles. The van der Waals surface area contributed by atoms with Crippen molar-refractivity contribution in [3.05, 3.63) is 88.4 Å². The van der Waals surface area contributed by atoms with Gasteiger partial charge in [-0.25, -0.2) is 4.68 Å². The summed E-state index contributed by atoms with van der Waals surface area (Å²) < 4.78 is 18.2. The first-order valence-corrected chi connectivity index (χ1v) is 15.1. The molecule has 1 N–H and O–H groups in total. The highest BCUT2D eigenvalue weighted by atomic mass is 35.5. The van der Waals surface area contributed by atoms with E-state index >= 15 is 0 Å². The number of hydrogen-bond donors (Lipinski definition) is 1. The molecule has 0 radical (unpaired) electrons. The standard InChI is InChI=1S/C32H33ClN4O5S/c1-20-5-11-23(12-6-20)37-32-29(30(35-37)21-7-9-22(33)10-8-21)31(25-17-24(41-3)13-14-26(25)42-4)43-19-28(39)36(32)18-27(38)34-15-16-40-2/h5-14,17,31H,15-16,18-19H2,1-4H3,(H,34,38)/t31-/m0/s1. The first kappa shape index (κ1) is 30.5. The van der Waals surface area contributed by atoms with Crippen LogP contribution >= 0.6 is 23.4 Å². The van der Waals surface area contributed by atoms with Gasteiger partial charge in [-0.1, -0.05) is 41.4 Å². The smallest absolute Gasteiger partial charge is 0.240 e. The molecule has 224 valence electrons. The van der Waals surface area contributed by atoms with E-state index in [1.807, 2.05) is 73.7 Å². The second-order valence-electron chi connectivity index (χ2n) is 9.96. The largest absolute Gasteiger partial charge is 0.497 e. The predicted octanol–water partition coefficient (Wildman–Crippen LogP) is 5.45. The number of ether oxygens (including phenoxy) is 3. The van der Waals surface area contributed by atoms with Crippen molar-refractivity contribution >= 4 is 41.0 Å². The molecule has 5 rings (SSSR count). The number of aromatic nitrogens is 2. The molecule has 2 heterocycles. The molecule has 1 aliphatic rings. The van der Waals surface area contributed by atoms with Crippen molar-refractivity contribution < 1.29 is 23.8 Å². The number of benzene rings is 3. The zero-order valence-corrected chi connectivity index (χ0v) is 26.0. The number of carbonyl (C=O) groups is 2. The molecule has 0 saturated carbocycles. The van der Waals surface area contributed by atoms with Crippen LogP contribution < -0.4 is 19.7 Å². The number of rotatable bonds is 10. The number of halogens is 1. The third-order valence-corrected chi connectivity index (χ3v) is 8.62. The van der Waals surface area contributed by atoms with Crippen LogP contribution in [0.1, 0.15) is 21.9 Å². The third-order valence-electron chi connectivity index (χ3n) is 7.13. The molecule has 0 unspecified atom stereocenters. The minimum absolute atomic E-state index is 0.124. The van der Waals surface area contributed by atoms with Gasteiger partial charge in [0.05, 0.1) is 43.2 Å². The molecule has 9 nitrogen and oxygen atoms in total. The van der Waals surface area contributed by atoms with Crippen molar-refractivity contribution in [2.75, 3.05) is 51.7 Å². The minimum atomic E-state index is -0.393. The molecule has 0 saturated heterocycles. The molecule has 0 aliphatic carbocycles. The van der Waals surface area contributed by atoms with E-state index in [4.69, 9.17) is 30.9 Å². The van der Waals surface area contributed by atoms with Gasteiger partial charge < -0.3 is 19.5 Å². The van der Waals surface area contributed by atoms with E-state index in [9.17, 15) is 9.59 Å². The van der Waals surface area contributed by atoms with Crippen LogP contribution in [0.3, 0.4) is 0 Å². The Bertz CT molecular complexity index is 1610. The summed E-state index contributed by atoms with van der Waals surface area (Å²) in [6.07, 6.45) is 0. The van der Waals surface area contributed by atoms with E-state index in [-0.39, 0.29) is 24.1 Å². The summed E-state index contributed by atoms with van der Waals surface area (Å²) in [4.78, 5) is 28.6. The van der Waals surface area contributed by atoms with Gasteiger partial charge in [0, 0.05) is 35.4 Å². The fourth-order valence-electron chi connectivity index (χ4n) is 4.99. The second kappa shape index (κ2) is 13.5. The van der Waals surface area contributed by atoms with Crippen LogP contribution in [0.5, 0.6) is 11.5 Å². The minimum Gasteiger partial charge on any atom is -0.497 e. The number of hydrogen-bond acceptors (Lipinski definition) is 7. The summed E-state index contributed by atoms with van der Waals surface area (Å²) in [5.74, 6) is 1.42. The van der Waals surface area contributed by atoms with Gasteiger partial charge in [-0.3, -0.25) is 14.5 Å². The summed E-state index contributed by atoms with van der Waals surface area (Å²) in [5, 5.41) is 8.16. The Labute approximate surface area is 260 Å². The Balaban J connectivity index is 1.79. The normalized spacial score (nSPS) is 14.7. The number of aryl methyl sites for hydroxylation is 1. The molecular formula is C32H33ClN4O5S. The lowest BCUT2D eigenvalue weighted by molar-refractivity contribution is -0.123. The monoisotopic (exact) mass is 620 g/mol. The van der Waals surface area contributed by atoms with E-state index in [1.54, 1.807) is 26.0 Å². The summed E-state index contributed by atoms with van der Waals surface area (Å²) in [5.41, 5.74) is 4.91. The SMILES string of the molecule is COCCNC(=O)CN1C(=O)CS[C@@H](c2cc(OC)ccc2OC)c2c(-c3ccc(Cl)cc3)nn(-c3ccc(C)cc3)c21. The van der Waals surface area contributed by atoms with Gasteiger partial charge in [-0.05, 0) is 49.4 Å². The van der Waals surface area contributed by atoms with Gasteiger partial charge in [0.15, 0.2) is 0 Å². The Morgan fingerprint density at radius 1 is 1.05 bits per heavy atom. The topological polar surface area (TPSA) is 94.9 Å². The maximum Gasteiger partial charge on any atom is 0.240 e. The van der Waals surface area contributed by atoms with E-state index in [0.717, 1.165) is 27.9 Å². The molecule has 0 spiro atoms. The summed E-state index contributed by atoms with van der Waals surface area (Å²) in [7, 11) is 4.80. The highest BCUT2D eigenvalue weighted by molar-refractivity contribution is 8.00. The molecule has 1 aromatic heterocycles. The number of fused-ring (bicyclic) bond motifs is 1. The Morgan fingerprint density at radius 2 is 1.79 bits per heavy atom. The quantitative estimate of drug-likeness (QED) is 0.236. The number of nitrogens with one attached hydrogen (secondary N) is 1. The molecule has 43 heavy (non-hydrogen) atoms. The second-order valence-corrected chi connectivity index (χ2v) is 11.5. The van der Waals surface area contributed by atoms with Gasteiger partial charge in [0.1, 0.15) is 23.9 Å². The van der Waals surface area contributed by atoms with Crippen molar-refractivity contribution in [3.63, 3.8) is 0 Å². The van der Waals surface area contributed by atoms with Crippen LogP contribution in [0.15, 0.2) is 66.7 Å². The lowest BCUT2D eigenvalue weighted by Crippen LogP contribution is -2.43. The molecule has 0 bridgehead atoms. The zero-order chi connectivity index (χ0) is 30.5. The maximum atomic E-state index is 13.9. The van der Waals surface area contributed by atoms with E-state index in [2.05, 4.69) is 5.32 Å². The Hall–Kier alpha value is -3.99. The molecule has 2 amide bonds. The number of carbonyl (C=O) groups excluding carboxylic acids is 2. The average Bonchev–Trinajstić information content (AvgIpc) is 3.34. The summed E-state index contributed by atoms with van der Waals surface area (Å²) >= 11 is 7.72. The van der Waals surface area contributed by atoms with Gasteiger partial charge >= 0.3 is 0 Å². The first-order valence-electron chi connectivity index (χ1n) is 13.7. The van der Waals surface area contributed by atoms with Crippen LogP contribution in [0.2, 0.25) is 5.02 Å². The van der Waals surface area contributed by atoms with E-state index in [0.29, 0.717) is 41.2 Å². The van der Waals surface area contributed by atoms with E-state index in [1.165, 1.54) is 16.7 Å². The highest BCUT2D eigenvalue weighted by Gasteiger charge is 2.38. The molecule has 4 aromatic rings. The van der Waals surface area contributed by atoms with Gasteiger partial charge in [-0.15, -0.1) is 11.8 Å². The van der Waals surface area contributed by atoms with E-state index < -0.39 is 5.25 Å².